The van der Waals surface area contributed by atoms with Gasteiger partial charge in [-0.05, 0) is 61.1 Å². The number of amides is 7. The second kappa shape index (κ2) is 19.6. The van der Waals surface area contributed by atoms with Gasteiger partial charge in [0.2, 0.25) is 5.91 Å². The molecule has 0 aliphatic rings. The van der Waals surface area contributed by atoms with E-state index >= 15 is 0 Å². The third kappa shape index (κ3) is 15.8. The highest BCUT2D eigenvalue weighted by atomic mass is 16.3. The van der Waals surface area contributed by atoms with Gasteiger partial charge in [-0.2, -0.15) is 0 Å². The molecule has 0 aliphatic carbocycles. The van der Waals surface area contributed by atoms with Gasteiger partial charge < -0.3 is 58.9 Å². The lowest BCUT2D eigenvalue weighted by atomic mass is 10.0. The molecule has 2 aromatic rings. The first-order valence-corrected chi connectivity index (χ1v) is 15.2. The van der Waals surface area contributed by atoms with Crippen LogP contribution < -0.4 is 48.7 Å². The minimum Gasteiger partial charge on any atom is -0.508 e. The number of aromatic hydroxyl groups is 2. The highest BCUT2D eigenvalue weighted by molar-refractivity contribution is 5.78. The minimum atomic E-state index is -0.678. The van der Waals surface area contributed by atoms with Crippen molar-refractivity contribution in [2.24, 2.45) is 17.4 Å². The fourth-order valence-corrected chi connectivity index (χ4v) is 4.36. The third-order valence-corrected chi connectivity index (χ3v) is 7.04. The molecule has 13 N–H and O–H groups in total. The Morgan fingerprint density at radius 3 is 1.80 bits per heavy atom. The maximum Gasteiger partial charge on any atom is 0.315 e. The summed E-state index contributed by atoms with van der Waals surface area (Å²) in [5, 5.41) is 38.4. The monoisotopic (exact) mass is 643 g/mol. The Balaban J connectivity index is 1.70. The van der Waals surface area contributed by atoms with Crippen LogP contribution in [0.5, 0.6) is 11.5 Å². The zero-order valence-corrected chi connectivity index (χ0v) is 26.6. The molecule has 4 atom stereocenters. The lowest BCUT2D eigenvalue weighted by molar-refractivity contribution is -0.120. The summed E-state index contributed by atoms with van der Waals surface area (Å²) in [5.41, 5.74) is 13.1. The first-order valence-electron chi connectivity index (χ1n) is 15.2. The number of hydrogen-bond acceptors (Lipinski definition) is 8. The Bertz CT molecular complexity index is 1240. The van der Waals surface area contributed by atoms with E-state index in [1.807, 2.05) is 13.8 Å². The summed E-state index contributed by atoms with van der Waals surface area (Å²) in [5.74, 6) is 0.0222. The molecule has 15 nitrogen and oxygen atoms in total. The zero-order valence-electron chi connectivity index (χ0n) is 26.6. The molecule has 0 saturated heterocycles. The molecule has 2 rings (SSSR count). The maximum atomic E-state index is 12.6. The van der Waals surface area contributed by atoms with Gasteiger partial charge in [-0.1, -0.05) is 38.1 Å². The molecule has 0 fully saturated rings. The van der Waals surface area contributed by atoms with Crippen molar-refractivity contribution < 1.29 is 29.4 Å². The van der Waals surface area contributed by atoms with E-state index in [-0.39, 0.29) is 80.2 Å². The predicted molar refractivity (Wildman–Crippen MR) is 175 cm³/mol. The molecule has 0 bridgehead atoms. The summed E-state index contributed by atoms with van der Waals surface area (Å²) >= 11 is 0. The molecule has 46 heavy (non-hydrogen) atoms. The number of benzene rings is 2. The van der Waals surface area contributed by atoms with E-state index in [1.54, 1.807) is 55.5 Å². The quantitative estimate of drug-likeness (QED) is 0.105. The van der Waals surface area contributed by atoms with Gasteiger partial charge >= 0.3 is 18.1 Å². The van der Waals surface area contributed by atoms with E-state index in [2.05, 4.69) is 37.2 Å². The maximum absolute atomic E-state index is 12.6. The van der Waals surface area contributed by atoms with Crippen LogP contribution in [0.1, 0.15) is 31.9 Å². The number of nitrogens with two attached hydrogens (primary N) is 2. The van der Waals surface area contributed by atoms with Crippen LogP contribution in [0.4, 0.5) is 14.4 Å². The van der Waals surface area contributed by atoms with Gasteiger partial charge in [-0.25, -0.2) is 14.4 Å². The van der Waals surface area contributed by atoms with Crippen molar-refractivity contribution in [2.75, 3.05) is 32.7 Å². The molecule has 15 heteroatoms. The van der Waals surface area contributed by atoms with Gasteiger partial charge in [0.15, 0.2) is 0 Å². The molecular weight excluding hydrogens is 594 g/mol. The Morgan fingerprint density at radius 2 is 1.24 bits per heavy atom. The van der Waals surface area contributed by atoms with Gasteiger partial charge in [0.05, 0.1) is 12.6 Å². The van der Waals surface area contributed by atoms with Crippen molar-refractivity contribution in [1.82, 2.24) is 37.2 Å². The van der Waals surface area contributed by atoms with Crippen LogP contribution in [0, 0.1) is 5.92 Å². The number of phenolic OH excluding ortho intramolecular Hbond substituents is 2. The van der Waals surface area contributed by atoms with Crippen LogP contribution in [-0.4, -0.2) is 91.1 Å². The number of phenols is 2. The van der Waals surface area contributed by atoms with E-state index in [0.717, 1.165) is 11.1 Å². The molecule has 7 amide bonds. The van der Waals surface area contributed by atoms with Gasteiger partial charge in [-0.3, -0.25) is 4.79 Å². The highest BCUT2D eigenvalue weighted by Gasteiger charge is 2.19. The Kier molecular flexibility index (Phi) is 15.9. The lowest BCUT2D eigenvalue weighted by Crippen LogP contribution is -2.54. The normalized spacial score (nSPS) is 13.5. The lowest BCUT2D eigenvalue weighted by Gasteiger charge is -2.24. The Hall–Kier alpha value is -4.76. The number of rotatable bonds is 18. The molecule has 0 unspecified atom stereocenters. The molecule has 0 aromatic heterocycles. The van der Waals surface area contributed by atoms with Crippen LogP contribution in [0.3, 0.4) is 0 Å². The number of carbonyl (C=O) groups is 4. The van der Waals surface area contributed by atoms with Crippen molar-refractivity contribution in [2.45, 2.75) is 57.8 Å². The van der Waals surface area contributed by atoms with E-state index in [4.69, 9.17) is 11.5 Å². The van der Waals surface area contributed by atoms with Crippen molar-refractivity contribution in [3.8, 4) is 11.5 Å². The number of nitrogens with one attached hydrogen (secondary N) is 7. The average molecular weight is 644 g/mol. The highest BCUT2D eigenvalue weighted by Crippen LogP contribution is 2.12. The van der Waals surface area contributed by atoms with E-state index in [9.17, 15) is 29.4 Å². The number of urea groups is 3. The SMILES string of the molecule is CC(C)[C@@H](CNC(=O)CN[C@H](CNC(N)=O)Cc1ccc(O)cc1)NC(=O)NC[C@H](C)NC(=O)NC[C@@H](N)Cc1ccc(O)cc1. The second-order valence-electron chi connectivity index (χ2n) is 11.6. The first-order chi connectivity index (χ1) is 21.8. The second-order valence-corrected chi connectivity index (χ2v) is 11.6. The number of primary amides is 1. The topological polar surface area (TPSA) is 245 Å². The van der Waals surface area contributed by atoms with E-state index in [0.29, 0.717) is 12.8 Å². The predicted octanol–water partition coefficient (Wildman–Crippen LogP) is -0.0355. The molecule has 254 valence electrons. The Morgan fingerprint density at radius 1 is 0.696 bits per heavy atom. The van der Waals surface area contributed by atoms with Crippen molar-refractivity contribution in [1.29, 1.82) is 0 Å². The van der Waals surface area contributed by atoms with Crippen LogP contribution in [0.15, 0.2) is 48.5 Å². The summed E-state index contributed by atoms with van der Waals surface area (Å²) in [6, 6.07) is 10.4. The summed E-state index contributed by atoms with van der Waals surface area (Å²) < 4.78 is 0. The molecule has 0 heterocycles. The number of carbonyl (C=O) groups excluding carboxylic acids is 4. The van der Waals surface area contributed by atoms with Gasteiger partial charge in [0, 0.05) is 44.3 Å². The van der Waals surface area contributed by atoms with Gasteiger partial charge in [-0.15, -0.1) is 0 Å². The van der Waals surface area contributed by atoms with Crippen LogP contribution in [-0.2, 0) is 17.6 Å². The third-order valence-electron chi connectivity index (χ3n) is 7.04. The molecule has 0 saturated carbocycles. The average Bonchev–Trinajstić information content (AvgIpc) is 3.00. The van der Waals surface area contributed by atoms with Crippen LogP contribution in [0.2, 0.25) is 0 Å². The zero-order chi connectivity index (χ0) is 34.1. The Labute approximate surface area is 269 Å². The summed E-state index contributed by atoms with van der Waals surface area (Å²) in [6.07, 6.45) is 1.01. The van der Waals surface area contributed by atoms with E-state index in [1.165, 1.54) is 0 Å². The van der Waals surface area contributed by atoms with Crippen LogP contribution >= 0.6 is 0 Å². The number of hydrogen-bond donors (Lipinski definition) is 11. The summed E-state index contributed by atoms with van der Waals surface area (Å²) in [6.45, 7) is 6.34. The first kappa shape index (κ1) is 37.4. The van der Waals surface area contributed by atoms with E-state index < -0.39 is 18.1 Å². The minimum absolute atomic E-state index is 0.00753. The van der Waals surface area contributed by atoms with Crippen LogP contribution in [0.25, 0.3) is 0 Å². The van der Waals surface area contributed by atoms with Gasteiger partial charge in [0.25, 0.3) is 0 Å². The standard InChI is InChI=1S/C31H49N9O6/c1-19(2)27(17-35-28(43)18-34-24(16-36-29(33)44)13-22-6-10-26(42)11-7-22)40-31(46)37-14-20(3)39-30(45)38-15-23(32)12-21-4-8-25(41)9-5-21/h4-11,19-20,23-24,27,34,41-42H,12-18,32H2,1-3H3,(H,35,43)(H3,33,36,44)(H2,37,40,46)(H2,38,39,45)/t20-,23-,24-,27+/m0/s1. The fourth-order valence-electron chi connectivity index (χ4n) is 4.36. The van der Waals surface area contributed by atoms with Crippen molar-refractivity contribution >= 4 is 24.0 Å². The smallest absolute Gasteiger partial charge is 0.315 e. The molecular formula is C31H49N9O6. The largest absolute Gasteiger partial charge is 0.508 e. The summed E-state index contributed by atoms with van der Waals surface area (Å²) in [4.78, 5) is 48.6. The molecule has 0 radical (unpaired) electrons. The van der Waals surface area contributed by atoms with Crippen molar-refractivity contribution in [3.05, 3.63) is 59.7 Å². The molecule has 0 aliphatic heterocycles. The fraction of sp³-hybridized carbons (Fsp3) is 0.484. The molecule has 2 aromatic carbocycles. The summed E-state index contributed by atoms with van der Waals surface area (Å²) in [7, 11) is 0. The van der Waals surface area contributed by atoms with Crippen molar-refractivity contribution in [3.63, 3.8) is 0 Å². The molecule has 0 spiro atoms. The van der Waals surface area contributed by atoms with Gasteiger partial charge in [0.1, 0.15) is 11.5 Å².